The van der Waals surface area contributed by atoms with Gasteiger partial charge in [0.15, 0.2) is 0 Å². The molecule has 0 radical (unpaired) electrons. The Kier molecular flexibility index (Phi) is 5.36. The lowest BCUT2D eigenvalue weighted by Crippen LogP contribution is -2.43. The van der Waals surface area contributed by atoms with Crippen LogP contribution in [0.1, 0.15) is 25.0 Å². The van der Waals surface area contributed by atoms with Gasteiger partial charge in [0, 0.05) is 22.8 Å². The lowest BCUT2D eigenvalue weighted by molar-refractivity contribution is -0.163. The van der Waals surface area contributed by atoms with Crippen molar-refractivity contribution >= 4 is 21.5 Å². The summed E-state index contributed by atoms with van der Waals surface area (Å²) in [4.78, 5) is 0. The molecular formula is C23H26O7. The monoisotopic (exact) mass is 414 g/mol. The molecule has 3 aromatic carbocycles. The molecule has 7 nitrogen and oxygen atoms in total. The van der Waals surface area contributed by atoms with Gasteiger partial charge < -0.3 is 34.3 Å². The van der Waals surface area contributed by atoms with E-state index in [-0.39, 0.29) is 12.2 Å². The number of aliphatic hydroxyl groups is 2. The topological polar surface area (TPSA) is 97.6 Å². The summed E-state index contributed by atoms with van der Waals surface area (Å²) in [5.74, 6) is 1.68. The number of benzene rings is 3. The molecule has 0 unspecified atom stereocenters. The lowest BCUT2D eigenvalue weighted by Gasteiger charge is -2.36. The summed E-state index contributed by atoms with van der Waals surface area (Å²) in [6.45, 7) is 1.70. The van der Waals surface area contributed by atoms with Crippen molar-refractivity contribution in [3.63, 3.8) is 0 Å². The van der Waals surface area contributed by atoms with Crippen molar-refractivity contribution in [1.82, 2.24) is 0 Å². The Morgan fingerprint density at radius 3 is 2.20 bits per heavy atom. The standard InChI is InChI=1S/C23H26O7/c1-11-20(25)15(24)10-17(30-11)12-8-9-14-19(21(12)26)23(29-4)13-6-5-7-16(27-2)18(13)22(14)28-3/h5-9,11,15,17,20,24-26H,10H2,1-4H3/t11-,15-,17-,20-/m1/s1. The van der Waals surface area contributed by atoms with E-state index in [1.54, 1.807) is 34.3 Å². The van der Waals surface area contributed by atoms with Crippen LogP contribution in [-0.4, -0.2) is 55.0 Å². The van der Waals surface area contributed by atoms with E-state index in [1.165, 1.54) is 0 Å². The third kappa shape index (κ3) is 3.01. The summed E-state index contributed by atoms with van der Waals surface area (Å²) in [6.07, 6.45) is -2.86. The predicted octanol–water partition coefficient (Wildman–Crippen LogP) is 3.30. The van der Waals surface area contributed by atoms with Crippen molar-refractivity contribution in [2.24, 2.45) is 0 Å². The molecule has 0 amide bonds. The Morgan fingerprint density at radius 1 is 0.900 bits per heavy atom. The fourth-order valence-electron chi connectivity index (χ4n) is 4.37. The number of phenols is 1. The molecule has 1 aliphatic heterocycles. The molecule has 0 saturated carbocycles. The normalized spacial score (nSPS) is 24.2. The minimum absolute atomic E-state index is 0.00633. The highest BCUT2D eigenvalue weighted by Gasteiger charge is 2.36. The van der Waals surface area contributed by atoms with Crippen molar-refractivity contribution in [3.8, 4) is 23.0 Å². The number of hydrogen-bond donors (Lipinski definition) is 3. The number of methoxy groups -OCH3 is 3. The quantitative estimate of drug-likeness (QED) is 0.564. The number of aliphatic hydroxyl groups excluding tert-OH is 2. The van der Waals surface area contributed by atoms with Crippen LogP contribution in [0.3, 0.4) is 0 Å². The second-order valence-electron chi connectivity index (χ2n) is 7.50. The second-order valence-corrected chi connectivity index (χ2v) is 7.50. The van der Waals surface area contributed by atoms with E-state index in [1.807, 2.05) is 24.3 Å². The average Bonchev–Trinajstić information content (AvgIpc) is 2.75. The Hall–Kier alpha value is -2.74. The second kappa shape index (κ2) is 7.83. The maximum atomic E-state index is 11.3. The van der Waals surface area contributed by atoms with E-state index < -0.39 is 24.4 Å². The number of rotatable bonds is 4. The largest absolute Gasteiger partial charge is 0.507 e. The minimum atomic E-state index is -0.963. The Balaban J connectivity index is 2.01. The van der Waals surface area contributed by atoms with Crippen molar-refractivity contribution in [1.29, 1.82) is 0 Å². The molecule has 0 spiro atoms. The van der Waals surface area contributed by atoms with Gasteiger partial charge in [-0.3, -0.25) is 0 Å². The van der Waals surface area contributed by atoms with E-state index in [2.05, 4.69) is 0 Å². The third-order valence-electron chi connectivity index (χ3n) is 5.86. The molecule has 3 N–H and O–H groups in total. The van der Waals surface area contributed by atoms with E-state index in [9.17, 15) is 15.3 Å². The maximum Gasteiger partial charge on any atom is 0.138 e. The average molecular weight is 414 g/mol. The highest BCUT2D eigenvalue weighted by molar-refractivity contribution is 6.15. The molecule has 1 fully saturated rings. The molecule has 3 aromatic rings. The molecule has 1 saturated heterocycles. The molecular weight excluding hydrogens is 388 g/mol. The first-order valence-electron chi connectivity index (χ1n) is 9.80. The Bertz CT molecular complexity index is 1080. The van der Waals surface area contributed by atoms with Crippen molar-refractivity contribution in [2.45, 2.75) is 37.8 Å². The van der Waals surface area contributed by atoms with Gasteiger partial charge in [-0.2, -0.15) is 0 Å². The van der Waals surface area contributed by atoms with Crippen LogP contribution in [0.5, 0.6) is 23.0 Å². The summed E-state index contributed by atoms with van der Waals surface area (Å²) in [6, 6.07) is 9.16. The van der Waals surface area contributed by atoms with E-state index in [0.29, 0.717) is 33.6 Å². The Labute approximate surface area is 174 Å². The summed E-state index contributed by atoms with van der Waals surface area (Å²) >= 11 is 0. The Morgan fingerprint density at radius 2 is 1.57 bits per heavy atom. The van der Waals surface area contributed by atoms with Gasteiger partial charge in [-0.05, 0) is 19.1 Å². The minimum Gasteiger partial charge on any atom is -0.507 e. The maximum absolute atomic E-state index is 11.3. The first-order valence-corrected chi connectivity index (χ1v) is 9.80. The number of aromatic hydroxyl groups is 1. The fourth-order valence-corrected chi connectivity index (χ4v) is 4.37. The number of fused-ring (bicyclic) bond motifs is 2. The van der Waals surface area contributed by atoms with E-state index in [0.717, 1.165) is 10.8 Å². The van der Waals surface area contributed by atoms with Crippen LogP contribution in [0, 0.1) is 0 Å². The van der Waals surface area contributed by atoms with Crippen LogP contribution in [0.4, 0.5) is 0 Å². The zero-order valence-electron chi connectivity index (χ0n) is 17.4. The van der Waals surface area contributed by atoms with Gasteiger partial charge in [-0.1, -0.05) is 18.2 Å². The molecule has 160 valence electrons. The van der Waals surface area contributed by atoms with E-state index >= 15 is 0 Å². The van der Waals surface area contributed by atoms with Crippen LogP contribution in [0.15, 0.2) is 30.3 Å². The predicted molar refractivity (Wildman–Crippen MR) is 113 cm³/mol. The van der Waals surface area contributed by atoms with Crippen molar-refractivity contribution in [3.05, 3.63) is 35.9 Å². The highest BCUT2D eigenvalue weighted by Crippen LogP contribution is 2.51. The van der Waals surface area contributed by atoms with Crippen LogP contribution in [0.25, 0.3) is 21.5 Å². The van der Waals surface area contributed by atoms with Gasteiger partial charge in [0.2, 0.25) is 0 Å². The van der Waals surface area contributed by atoms with Crippen LogP contribution in [0.2, 0.25) is 0 Å². The molecule has 0 bridgehead atoms. The van der Waals surface area contributed by atoms with Gasteiger partial charge >= 0.3 is 0 Å². The lowest BCUT2D eigenvalue weighted by atomic mass is 9.91. The zero-order valence-corrected chi connectivity index (χ0v) is 17.4. The SMILES string of the molecule is COc1cccc2c(OC)c3c(O)c([C@H]4C[C@@H](O)[C@H](O)[C@@H](C)O4)ccc3c(OC)c12. The highest BCUT2D eigenvalue weighted by atomic mass is 16.5. The van der Waals surface area contributed by atoms with Gasteiger partial charge in [0.25, 0.3) is 0 Å². The number of phenolic OH excluding ortho intramolecular Hbond substituents is 1. The zero-order chi connectivity index (χ0) is 21.6. The summed E-state index contributed by atoms with van der Waals surface area (Å²) in [5.41, 5.74) is 0.517. The van der Waals surface area contributed by atoms with Crippen LogP contribution >= 0.6 is 0 Å². The first kappa shape index (κ1) is 20.5. The van der Waals surface area contributed by atoms with E-state index in [4.69, 9.17) is 18.9 Å². The number of hydrogen-bond acceptors (Lipinski definition) is 7. The number of ether oxygens (including phenoxy) is 4. The summed E-state index contributed by atoms with van der Waals surface area (Å²) in [5, 5.41) is 34.1. The molecule has 0 aliphatic carbocycles. The molecule has 4 rings (SSSR count). The molecule has 0 aromatic heterocycles. The molecule has 7 heteroatoms. The van der Waals surface area contributed by atoms with Crippen molar-refractivity contribution in [2.75, 3.05) is 21.3 Å². The molecule has 4 atom stereocenters. The van der Waals surface area contributed by atoms with Crippen LogP contribution in [-0.2, 0) is 4.74 Å². The van der Waals surface area contributed by atoms with Crippen molar-refractivity contribution < 1.29 is 34.3 Å². The summed E-state index contributed by atoms with van der Waals surface area (Å²) in [7, 11) is 4.71. The van der Waals surface area contributed by atoms with Gasteiger partial charge in [-0.25, -0.2) is 0 Å². The smallest absolute Gasteiger partial charge is 0.138 e. The van der Waals surface area contributed by atoms with Gasteiger partial charge in [0.1, 0.15) is 29.1 Å². The third-order valence-corrected chi connectivity index (χ3v) is 5.86. The summed E-state index contributed by atoms with van der Waals surface area (Å²) < 4.78 is 22.8. The molecule has 30 heavy (non-hydrogen) atoms. The fraction of sp³-hybridized carbons (Fsp3) is 0.391. The molecule has 1 aliphatic rings. The van der Waals surface area contributed by atoms with Gasteiger partial charge in [-0.15, -0.1) is 0 Å². The van der Waals surface area contributed by atoms with Gasteiger partial charge in [0.05, 0.1) is 50.4 Å². The first-order chi connectivity index (χ1) is 14.4. The molecule has 1 heterocycles. The van der Waals surface area contributed by atoms with Crippen LogP contribution < -0.4 is 14.2 Å².